The molecule has 5 nitrogen and oxygen atoms in total. The Morgan fingerprint density at radius 1 is 1.17 bits per heavy atom. The highest BCUT2D eigenvalue weighted by Crippen LogP contribution is 2.23. The minimum Gasteiger partial charge on any atom is -0.476 e. The third kappa shape index (κ3) is 2.29. The first-order valence-corrected chi connectivity index (χ1v) is 5.44. The van der Waals surface area contributed by atoms with Gasteiger partial charge in [0.2, 0.25) is 0 Å². The highest BCUT2D eigenvalue weighted by atomic mass is 16.4. The van der Waals surface area contributed by atoms with Gasteiger partial charge in [0, 0.05) is 25.1 Å². The molecule has 0 unspecified atom stereocenters. The van der Waals surface area contributed by atoms with Crippen molar-refractivity contribution in [2.24, 2.45) is 0 Å². The molecule has 0 bridgehead atoms. The normalized spacial score (nSPS) is 10.1. The summed E-state index contributed by atoms with van der Waals surface area (Å²) < 4.78 is 0. The summed E-state index contributed by atoms with van der Waals surface area (Å²) in [6.07, 6.45) is 2.85. The number of anilines is 2. The Kier molecular flexibility index (Phi) is 3.23. The zero-order valence-corrected chi connectivity index (χ0v) is 10.2. The van der Waals surface area contributed by atoms with E-state index >= 15 is 0 Å². The molecule has 18 heavy (non-hydrogen) atoms. The second-order valence-electron chi connectivity index (χ2n) is 3.93. The van der Waals surface area contributed by atoms with Crippen LogP contribution in [0.3, 0.4) is 0 Å². The van der Waals surface area contributed by atoms with Gasteiger partial charge in [-0.05, 0) is 19.1 Å². The molecule has 0 atom stereocenters. The van der Waals surface area contributed by atoms with Gasteiger partial charge in [0.15, 0.2) is 11.5 Å². The first-order valence-electron chi connectivity index (χ1n) is 5.44. The van der Waals surface area contributed by atoms with E-state index in [1.54, 1.807) is 11.9 Å². The predicted molar refractivity (Wildman–Crippen MR) is 68.2 cm³/mol. The van der Waals surface area contributed by atoms with E-state index in [4.69, 9.17) is 5.11 Å². The second kappa shape index (κ2) is 4.83. The number of carboxylic acid groups (broad SMARTS) is 1. The first kappa shape index (κ1) is 12.0. The zero-order chi connectivity index (χ0) is 13.1. The summed E-state index contributed by atoms with van der Waals surface area (Å²) in [6, 6.07) is 7.75. The molecule has 0 fully saturated rings. The van der Waals surface area contributed by atoms with E-state index in [2.05, 4.69) is 9.97 Å². The summed E-state index contributed by atoms with van der Waals surface area (Å²) in [5.74, 6) is -0.758. The average Bonchev–Trinajstić information content (AvgIpc) is 2.39. The minimum atomic E-state index is -1.09. The van der Waals surface area contributed by atoms with Crippen molar-refractivity contribution in [3.8, 4) is 0 Å². The molecule has 1 aromatic carbocycles. The quantitative estimate of drug-likeness (QED) is 0.895. The van der Waals surface area contributed by atoms with Crippen LogP contribution in [0.25, 0.3) is 0 Å². The third-order valence-corrected chi connectivity index (χ3v) is 2.62. The molecule has 2 rings (SSSR count). The van der Waals surface area contributed by atoms with Crippen molar-refractivity contribution in [3.05, 3.63) is 47.9 Å². The van der Waals surface area contributed by atoms with E-state index in [-0.39, 0.29) is 5.69 Å². The molecule has 5 heteroatoms. The Bertz CT molecular complexity index is 567. The van der Waals surface area contributed by atoms with Gasteiger partial charge >= 0.3 is 5.97 Å². The maximum absolute atomic E-state index is 11.1. The maximum Gasteiger partial charge on any atom is 0.358 e. The number of benzene rings is 1. The number of hydrogen-bond donors (Lipinski definition) is 1. The van der Waals surface area contributed by atoms with Gasteiger partial charge in [0.05, 0.1) is 0 Å². The number of aryl methyl sites for hydroxylation is 1. The Morgan fingerprint density at radius 3 is 2.39 bits per heavy atom. The molecule has 0 aliphatic carbocycles. The Hall–Kier alpha value is -2.43. The second-order valence-corrected chi connectivity index (χ2v) is 3.93. The van der Waals surface area contributed by atoms with Crippen LogP contribution in [0.15, 0.2) is 36.7 Å². The van der Waals surface area contributed by atoms with Crippen molar-refractivity contribution >= 4 is 17.5 Å². The van der Waals surface area contributed by atoms with Crippen molar-refractivity contribution < 1.29 is 9.90 Å². The van der Waals surface area contributed by atoms with Crippen LogP contribution in [0.1, 0.15) is 16.1 Å². The van der Waals surface area contributed by atoms with Gasteiger partial charge < -0.3 is 10.0 Å². The molecule has 0 aliphatic rings. The van der Waals surface area contributed by atoms with Gasteiger partial charge in [-0.25, -0.2) is 14.8 Å². The minimum absolute atomic E-state index is 0.0550. The lowest BCUT2D eigenvalue weighted by atomic mass is 10.2. The lowest BCUT2D eigenvalue weighted by Gasteiger charge is -2.19. The number of aromatic nitrogens is 2. The lowest BCUT2D eigenvalue weighted by molar-refractivity contribution is 0.0691. The molecule has 1 N–H and O–H groups in total. The lowest BCUT2D eigenvalue weighted by Crippen LogP contribution is -2.16. The molecule has 0 spiro atoms. The molecule has 1 aromatic heterocycles. The van der Waals surface area contributed by atoms with Crippen molar-refractivity contribution in [1.29, 1.82) is 0 Å². The van der Waals surface area contributed by atoms with Gasteiger partial charge in [0.1, 0.15) is 0 Å². The summed E-state index contributed by atoms with van der Waals surface area (Å²) in [4.78, 5) is 20.7. The number of aromatic carboxylic acids is 1. The zero-order valence-electron chi connectivity index (χ0n) is 10.2. The summed E-state index contributed by atoms with van der Waals surface area (Å²) in [7, 11) is 1.76. The molecule has 2 aromatic rings. The first-order chi connectivity index (χ1) is 8.59. The van der Waals surface area contributed by atoms with Gasteiger partial charge in [-0.3, -0.25) is 0 Å². The van der Waals surface area contributed by atoms with E-state index < -0.39 is 5.97 Å². The number of rotatable bonds is 3. The van der Waals surface area contributed by atoms with Crippen LogP contribution < -0.4 is 4.90 Å². The summed E-state index contributed by atoms with van der Waals surface area (Å²) >= 11 is 0. The summed E-state index contributed by atoms with van der Waals surface area (Å²) in [5.41, 5.74) is 1.95. The van der Waals surface area contributed by atoms with Crippen LogP contribution in [0.2, 0.25) is 0 Å². The Balaban J connectivity index is 2.42. The third-order valence-electron chi connectivity index (χ3n) is 2.62. The van der Waals surface area contributed by atoms with Crippen molar-refractivity contribution in [2.45, 2.75) is 6.92 Å². The molecular weight excluding hydrogens is 230 g/mol. The Morgan fingerprint density at radius 2 is 1.78 bits per heavy atom. The van der Waals surface area contributed by atoms with Crippen LogP contribution in [-0.4, -0.2) is 28.1 Å². The molecule has 0 amide bonds. The fourth-order valence-corrected chi connectivity index (χ4v) is 1.62. The van der Waals surface area contributed by atoms with Crippen LogP contribution in [-0.2, 0) is 0 Å². The standard InChI is InChI=1S/C13H13N3O2/c1-9-3-5-10(6-4-9)16(2)12-11(13(17)18)14-7-8-15-12/h3-8H,1-2H3,(H,17,18). The van der Waals surface area contributed by atoms with Gasteiger partial charge in [0.25, 0.3) is 0 Å². The largest absolute Gasteiger partial charge is 0.476 e. The molecule has 0 aliphatic heterocycles. The molecule has 92 valence electrons. The van der Waals surface area contributed by atoms with Crippen LogP contribution in [0, 0.1) is 6.92 Å². The fourth-order valence-electron chi connectivity index (χ4n) is 1.62. The molecule has 0 saturated heterocycles. The van der Waals surface area contributed by atoms with E-state index in [0.29, 0.717) is 5.82 Å². The highest BCUT2D eigenvalue weighted by Gasteiger charge is 2.17. The van der Waals surface area contributed by atoms with E-state index in [1.165, 1.54) is 12.4 Å². The Labute approximate surface area is 105 Å². The molecule has 0 radical (unpaired) electrons. The summed E-state index contributed by atoms with van der Waals surface area (Å²) in [6.45, 7) is 1.99. The van der Waals surface area contributed by atoms with Crippen LogP contribution in [0.5, 0.6) is 0 Å². The van der Waals surface area contributed by atoms with Crippen molar-refractivity contribution in [1.82, 2.24) is 9.97 Å². The van der Waals surface area contributed by atoms with Crippen molar-refractivity contribution in [3.63, 3.8) is 0 Å². The summed E-state index contributed by atoms with van der Waals surface area (Å²) in [5, 5.41) is 9.08. The fraction of sp³-hybridized carbons (Fsp3) is 0.154. The van der Waals surface area contributed by atoms with E-state index in [0.717, 1.165) is 11.3 Å². The molecule has 0 saturated carbocycles. The van der Waals surface area contributed by atoms with Crippen LogP contribution in [0.4, 0.5) is 11.5 Å². The van der Waals surface area contributed by atoms with Crippen molar-refractivity contribution in [2.75, 3.05) is 11.9 Å². The van der Waals surface area contributed by atoms with Gasteiger partial charge in [-0.1, -0.05) is 17.7 Å². The number of hydrogen-bond acceptors (Lipinski definition) is 4. The van der Waals surface area contributed by atoms with E-state index in [1.807, 2.05) is 31.2 Å². The molecule has 1 heterocycles. The van der Waals surface area contributed by atoms with Gasteiger partial charge in [-0.2, -0.15) is 0 Å². The van der Waals surface area contributed by atoms with Gasteiger partial charge in [-0.15, -0.1) is 0 Å². The topological polar surface area (TPSA) is 66.3 Å². The van der Waals surface area contributed by atoms with Crippen LogP contribution >= 0.6 is 0 Å². The number of carboxylic acids is 1. The smallest absolute Gasteiger partial charge is 0.358 e. The predicted octanol–water partition coefficient (Wildman–Crippen LogP) is 2.25. The monoisotopic (exact) mass is 243 g/mol. The SMILES string of the molecule is Cc1ccc(N(C)c2nccnc2C(=O)O)cc1. The van der Waals surface area contributed by atoms with E-state index in [9.17, 15) is 4.79 Å². The average molecular weight is 243 g/mol. The molecular formula is C13H13N3O2. The maximum atomic E-state index is 11.1. The highest BCUT2D eigenvalue weighted by molar-refractivity contribution is 5.91. The number of carbonyl (C=O) groups is 1. The number of nitrogens with zero attached hydrogens (tertiary/aromatic N) is 3.